The van der Waals surface area contributed by atoms with E-state index in [-0.39, 0.29) is 12.6 Å². The minimum atomic E-state index is -4.21. The van der Waals surface area contributed by atoms with E-state index in [0.717, 1.165) is 5.56 Å². The van der Waals surface area contributed by atoms with E-state index in [1.54, 1.807) is 25.3 Å². The molecule has 1 fully saturated rings. The monoisotopic (exact) mass is 331 g/mol. The first-order valence-electron chi connectivity index (χ1n) is 7.30. The first-order valence-corrected chi connectivity index (χ1v) is 7.30. The van der Waals surface area contributed by atoms with E-state index in [9.17, 15) is 18.0 Å². The van der Waals surface area contributed by atoms with Crippen LogP contribution in [-0.2, 0) is 11.3 Å². The highest BCUT2D eigenvalue weighted by molar-refractivity contribution is 5.89. The molecule has 1 heterocycles. The number of nitrogens with one attached hydrogen (secondary N) is 2. The molecule has 1 saturated heterocycles. The van der Waals surface area contributed by atoms with Crippen molar-refractivity contribution in [3.05, 3.63) is 29.8 Å². The first-order chi connectivity index (χ1) is 10.9. The molecule has 128 valence electrons. The molecular weight excluding hydrogens is 311 g/mol. The average Bonchev–Trinajstić information content (AvgIpc) is 2.84. The summed E-state index contributed by atoms with van der Waals surface area (Å²) in [6.45, 7) is 0.0302. The number of carbonyl (C=O) groups excluding carboxylic acids is 1. The van der Waals surface area contributed by atoms with Crippen molar-refractivity contribution in [2.45, 2.75) is 25.2 Å². The second-order valence-electron chi connectivity index (χ2n) is 5.57. The van der Waals surface area contributed by atoms with Crippen LogP contribution >= 0.6 is 0 Å². The van der Waals surface area contributed by atoms with Gasteiger partial charge in [-0.15, -0.1) is 0 Å². The maximum atomic E-state index is 12.3. The van der Waals surface area contributed by atoms with Crippen LogP contribution in [0.2, 0.25) is 0 Å². The van der Waals surface area contributed by atoms with Crippen molar-refractivity contribution in [3.8, 4) is 0 Å². The largest absolute Gasteiger partial charge is 0.401 e. The molecule has 1 aliphatic heterocycles. The number of hydrogen-bond donors (Lipinski definition) is 2. The second-order valence-corrected chi connectivity index (χ2v) is 5.57. The number of rotatable bonds is 5. The van der Waals surface area contributed by atoms with Crippen LogP contribution in [0.3, 0.4) is 0 Å². The fraction of sp³-hybridized carbons (Fsp3) is 0.533. The zero-order chi connectivity index (χ0) is 16.9. The highest BCUT2D eigenvalue weighted by Crippen LogP contribution is 2.20. The molecule has 5 nitrogen and oxygen atoms in total. The lowest BCUT2D eigenvalue weighted by molar-refractivity contribution is -0.143. The van der Waals surface area contributed by atoms with Crippen LogP contribution in [0.25, 0.3) is 0 Å². The van der Waals surface area contributed by atoms with Gasteiger partial charge in [-0.05, 0) is 24.1 Å². The Balaban J connectivity index is 1.80. The number of halogens is 3. The quantitative estimate of drug-likeness (QED) is 0.872. The summed E-state index contributed by atoms with van der Waals surface area (Å²) in [5.74, 6) is 0. The van der Waals surface area contributed by atoms with Gasteiger partial charge in [0.15, 0.2) is 0 Å². The lowest BCUT2D eigenvalue weighted by atomic mass is 10.2. The molecule has 0 radical (unpaired) electrons. The van der Waals surface area contributed by atoms with Crippen LogP contribution < -0.4 is 10.6 Å². The lowest BCUT2D eigenvalue weighted by Crippen LogP contribution is -2.41. The first kappa shape index (κ1) is 17.6. The number of benzene rings is 1. The molecule has 0 aliphatic carbocycles. The van der Waals surface area contributed by atoms with Gasteiger partial charge in [0.2, 0.25) is 0 Å². The van der Waals surface area contributed by atoms with Gasteiger partial charge in [-0.3, -0.25) is 4.90 Å². The number of amides is 2. The number of nitrogens with zero attached hydrogens (tertiary/aromatic N) is 1. The second kappa shape index (κ2) is 7.65. The predicted octanol–water partition coefficient (Wildman–Crippen LogP) is 2.59. The number of carbonyl (C=O) groups is 1. The van der Waals surface area contributed by atoms with Gasteiger partial charge in [-0.25, -0.2) is 4.79 Å². The van der Waals surface area contributed by atoms with E-state index in [0.29, 0.717) is 25.3 Å². The molecule has 1 aromatic rings. The van der Waals surface area contributed by atoms with Crippen molar-refractivity contribution in [1.29, 1.82) is 0 Å². The molecule has 8 heteroatoms. The predicted molar refractivity (Wildman–Crippen MR) is 80.2 cm³/mol. The summed E-state index contributed by atoms with van der Waals surface area (Å²) < 4.78 is 42.0. The van der Waals surface area contributed by atoms with Crippen LogP contribution in [0.15, 0.2) is 24.3 Å². The fourth-order valence-electron chi connectivity index (χ4n) is 2.61. The summed E-state index contributed by atoms with van der Waals surface area (Å²) in [6.07, 6.45) is -3.70. The van der Waals surface area contributed by atoms with Crippen molar-refractivity contribution >= 4 is 11.7 Å². The SMILES string of the molecule is COCc1cccc(NC(=O)NC2CCN(CC(F)(F)F)C2)c1. The van der Waals surface area contributed by atoms with Crippen molar-refractivity contribution in [1.82, 2.24) is 10.2 Å². The Morgan fingerprint density at radius 3 is 2.91 bits per heavy atom. The Morgan fingerprint density at radius 2 is 2.22 bits per heavy atom. The van der Waals surface area contributed by atoms with Gasteiger partial charge in [0.25, 0.3) is 0 Å². The van der Waals surface area contributed by atoms with Crippen molar-refractivity contribution in [2.24, 2.45) is 0 Å². The number of methoxy groups -OCH3 is 1. The summed E-state index contributed by atoms with van der Waals surface area (Å²) in [5, 5.41) is 5.39. The van der Waals surface area contributed by atoms with Gasteiger partial charge in [0.1, 0.15) is 0 Å². The molecule has 2 amide bonds. The Bertz CT molecular complexity index is 537. The third kappa shape index (κ3) is 6.07. The normalized spacial score (nSPS) is 18.9. The topological polar surface area (TPSA) is 53.6 Å². The minimum Gasteiger partial charge on any atom is -0.380 e. The summed E-state index contributed by atoms with van der Waals surface area (Å²) in [7, 11) is 1.58. The number of anilines is 1. The van der Waals surface area contributed by atoms with Gasteiger partial charge in [0, 0.05) is 31.9 Å². The van der Waals surface area contributed by atoms with E-state index in [1.165, 1.54) is 4.90 Å². The maximum absolute atomic E-state index is 12.3. The van der Waals surface area contributed by atoms with Crippen molar-refractivity contribution in [2.75, 3.05) is 32.1 Å². The Hall–Kier alpha value is -1.80. The third-order valence-electron chi connectivity index (χ3n) is 3.51. The summed E-state index contributed by atoms with van der Waals surface area (Å²) in [5.41, 5.74) is 1.53. The molecule has 23 heavy (non-hydrogen) atoms. The van der Waals surface area contributed by atoms with Crippen LogP contribution in [0.1, 0.15) is 12.0 Å². The Labute approximate surface area is 132 Å². The molecule has 0 saturated carbocycles. The summed E-state index contributed by atoms with van der Waals surface area (Å²) in [6, 6.07) is 6.50. The van der Waals surface area contributed by atoms with Crippen LogP contribution in [0.5, 0.6) is 0 Å². The Morgan fingerprint density at radius 1 is 1.43 bits per heavy atom. The number of hydrogen-bond acceptors (Lipinski definition) is 3. The number of likely N-dealkylation sites (tertiary alicyclic amines) is 1. The number of alkyl halides is 3. The van der Waals surface area contributed by atoms with Crippen molar-refractivity contribution in [3.63, 3.8) is 0 Å². The van der Waals surface area contributed by atoms with Crippen LogP contribution in [0, 0.1) is 0 Å². The van der Waals surface area contributed by atoms with Crippen LogP contribution in [0.4, 0.5) is 23.7 Å². The number of urea groups is 1. The van der Waals surface area contributed by atoms with E-state index < -0.39 is 18.8 Å². The van der Waals surface area contributed by atoms with E-state index in [1.807, 2.05) is 6.07 Å². The molecule has 0 bridgehead atoms. The van der Waals surface area contributed by atoms with Gasteiger partial charge in [-0.2, -0.15) is 13.2 Å². The van der Waals surface area contributed by atoms with E-state index in [2.05, 4.69) is 10.6 Å². The molecule has 1 atom stereocenters. The summed E-state index contributed by atoms with van der Waals surface area (Å²) >= 11 is 0. The smallest absolute Gasteiger partial charge is 0.380 e. The van der Waals surface area contributed by atoms with Gasteiger partial charge >= 0.3 is 12.2 Å². The maximum Gasteiger partial charge on any atom is 0.401 e. The van der Waals surface area contributed by atoms with Gasteiger partial charge < -0.3 is 15.4 Å². The Kier molecular flexibility index (Phi) is 5.84. The average molecular weight is 331 g/mol. The number of ether oxygens (including phenoxy) is 1. The van der Waals surface area contributed by atoms with Crippen molar-refractivity contribution < 1.29 is 22.7 Å². The van der Waals surface area contributed by atoms with E-state index >= 15 is 0 Å². The summed E-state index contributed by atoms with van der Waals surface area (Å²) in [4.78, 5) is 13.2. The third-order valence-corrected chi connectivity index (χ3v) is 3.51. The van der Waals surface area contributed by atoms with E-state index in [4.69, 9.17) is 4.74 Å². The molecule has 0 aromatic heterocycles. The van der Waals surface area contributed by atoms with Gasteiger partial charge in [0.05, 0.1) is 13.2 Å². The zero-order valence-corrected chi connectivity index (χ0v) is 12.8. The molecule has 0 spiro atoms. The molecule has 1 unspecified atom stereocenters. The van der Waals surface area contributed by atoms with Crippen LogP contribution in [-0.4, -0.2) is 49.9 Å². The molecule has 2 rings (SSSR count). The van der Waals surface area contributed by atoms with Gasteiger partial charge in [-0.1, -0.05) is 12.1 Å². The molecular formula is C15H20F3N3O2. The standard InChI is InChI=1S/C15H20F3N3O2/c1-23-9-11-3-2-4-12(7-11)19-14(22)20-13-5-6-21(8-13)10-15(16,17)18/h2-4,7,13H,5-6,8-10H2,1H3,(H2,19,20,22). The molecule has 1 aromatic carbocycles. The molecule has 1 aliphatic rings. The minimum absolute atomic E-state index is 0.205. The zero-order valence-electron chi connectivity index (χ0n) is 12.8. The highest BCUT2D eigenvalue weighted by Gasteiger charge is 2.34. The fourth-order valence-corrected chi connectivity index (χ4v) is 2.61. The molecule has 2 N–H and O–H groups in total. The highest BCUT2D eigenvalue weighted by atomic mass is 19.4. The lowest BCUT2D eigenvalue weighted by Gasteiger charge is -2.18.